The molecule has 1 rings (SSSR count). The average Bonchev–Trinajstić information content (AvgIpc) is 2.39. The first-order valence-corrected chi connectivity index (χ1v) is 8.52. The first kappa shape index (κ1) is 17.9. The van der Waals surface area contributed by atoms with Gasteiger partial charge in [0.1, 0.15) is 0 Å². The van der Waals surface area contributed by atoms with E-state index in [9.17, 15) is 4.79 Å². The molecule has 0 spiro atoms. The van der Waals surface area contributed by atoms with Gasteiger partial charge in [-0.15, -0.1) is 0 Å². The Labute approximate surface area is 132 Å². The van der Waals surface area contributed by atoms with Crippen LogP contribution in [0, 0.1) is 5.92 Å². The van der Waals surface area contributed by atoms with E-state index in [2.05, 4.69) is 65.6 Å². The lowest BCUT2D eigenvalue weighted by Gasteiger charge is -2.39. The first-order valence-electron chi connectivity index (χ1n) is 7.60. The Morgan fingerprint density at radius 3 is 2.25 bits per heavy atom. The molecule has 4 nitrogen and oxygen atoms in total. The molecule has 1 amide bonds. The molecule has 1 heterocycles. The molecule has 1 fully saturated rings. The van der Waals surface area contributed by atoms with Gasteiger partial charge >= 0.3 is 0 Å². The molecule has 1 saturated heterocycles. The molecule has 118 valence electrons. The number of hydrogen-bond acceptors (Lipinski definition) is 3. The molecule has 0 aliphatic carbocycles. The lowest BCUT2D eigenvalue weighted by atomic mass is 10.0. The number of piperidine rings is 1. The number of likely N-dealkylation sites (N-methyl/N-ethyl adjacent to an activating group) is 1. The standard InChI is InChI=1S/C15H30BrN3O/c1-12(2)14(16)15(20)19(11-10-17(3)4)13-6-8-18(5)9-7-13/h12-14H,6-11H2,1-5H3. The lowest BCUT2D eigenvalue weighted by molar-refractivity contribution is -0.134. The Bertz CT molecular complexity index is 301. The zero-order chi connectivity index (χ0) is 15.3. The van der Waals surface area contributed by atoms with Crippen molar-refractivity contribution >= 4 is 21.8 Å². The van der Waals surface area contributed by atoms with Crippen LogP contribution in [0.5, 0.6) is 0 Å². The largest absolute Gasteiger partial charge is 0.337 e. The number of amides is 1. The highest BCUT2D eigenvalue weighted by Gasteiger charge is 2.31. The van der Waals surface area contributed by atoms with Crippen LogP contribution in [0.25, 0.3) is 0 Å². The Morgan fingerprint density at radius 2 is 1.80 bits per heavy atom. The van der Waals surface area contributed by atoms with E-state index < -0.39 is 0 Å². The molecular weight excluding hydrogens is 318 g/mol. The van der Waals surface area contributed by atoms with Gasteiger partial charge in [-0.2, -0.15) is 0 Å². The third-order valence-corrected chi connectivity index (χ3v) is 5.47. The smallest absolute Gasteiger partial charge is 0.236 e. The van der Waals surface area contributed by atoms with E-state index in [4.69, 9.17) is 0 Å². The Kier molecular flexibility index (Phi) is 7.48. The van der Waals surface area contributed by atoms with Crippen LogP contribution in [0.2, 0.25) is 0 Å². The molecule has 1 atom stereocenters. The fraction of sp³-hybridized carbons (Fsp3) is 0.933. The second-order valence-corrected chi connectivity index (χ2v) is 7.50. The van der Waals surface area contributed by atoms with Crippen molar-refractivity contribution in [3.8, 4) is 0 Å². The van der Waals surface area contributed by atoms with Gasteiger partial charge in [-0.25, -0.2) is 0 Å². The van der Waals surface area contributed by atoms with Gasteiger partial charge < -0.3 is 14.7 Å². The molecule has 0 aromatic rings. The Morgan fingerprint density at radius 1 is 1.25 bits per heavy atom. The van der Waals surface area contributed by atoms with Crippen LogP contribution in [0.1, 0.15) is 26.7 Å². The van der Waals surface area contributed by atoms with Gasteiger partial charge in [-0.1, -0.05) is 29.8 Å². The van der Waals surface area contributed by atoms with E-state index in [-0.39, 0.29) is 10.7 Å². The topological polar surface area (TPSA) is 26.8 Å². The predicted molar refractivity (Wildman–Crippen MR) is 88.3 cm³/mol. The molecule has 0 aromatic carbocycles. The van der Waals surface area contributed by atoms with Crippen LogP contribution in [0.3, 0.4) is 0 Å². The van der Waals surface area contributed by atoms with Crippen molar-refractivity contribution in [2.75, 3.05) is 47.3 Å². The van der Waals surface area contributed by atoms with Gasteiger partial charge in [0.05, 0.1) is 4.83 Å². The van der Waals surface area contributed by atoms with Gasteiger partial charge in [-0.3, -0.25) is 4.79 Å². The lowest BCUT2D eigenvalue weighted by Crippen LogP contribution is -2.51. The van der Waals surface area contributed by atoms with E-state index in [0.717, 1.165) is 39.0 Å². The Balaban J connectivity index is 2.71. The van der Waals surface area contributed by atoms with Gasteiger partial charge in [0.2, 0.25) is 5.91 Å². The van der Waals surface area contributed by atoms with Gasteiger partial charge in [0.25, 0.3) is 0 Å². The number of rotatable bonds is 6. The molecule has 0 N–H and O–H groups in total. The van der Waals surface area contributed by atoms with Crippen LogP contribution in [-0.2, 0) is 4.79 Å². The van der Waals surface area contributed by atoms with Gasteiger partial charge in [0, 0.05) is 19.1 Å². The summed E-state index contributed by atoms with van der Waals surface area (Å²) in [6.45, 7) is 8.12. The maximum atomic E-state index is 12.7. The number of alkyl halides is 1. The maximum absolute atomic E-state index is 12.7. The first-order chi connectivity index (χ1) is 9.32. The number of likely N-dealkylation sites (tertiary alicyclic amines) is 1. The van der Waals surface area contributed by atoms with E-state index in [1.807, 2.05) is 0 Å². The normalized spacial score (nSPS) is 19.6. The highest BCUT2D eigenvalue weighted by molar-refractivity contribution is 9.10. The van der Waals surface area contributed by atoms with Crippen LogP contribution >= 0.6 is 15.9 Å². The summed E-state index contributed by atoms with van der Waals surface area (Å²) in [5, 5.41) is 0. The Hall–Kier alpha value is -0.130. The van der Waals surface area contributed by atoms with Crippen molar-refractivity contribution in [2.24, 2.45) is 5.92 Å². The molecule has 1 unspecified atom stereocenters. The monoisotopic (exact) mass is 347 g/mol. The third-order valence-electron chi connectivity index (χ3n) is 4.02. The minimum absolute atomic E-state index is 0.0654. The third kappa shape index (κ3) is 5.34. The highest BCUT2D eigenvalue weighted by Crippen LogP contribution is 2.21. The van der Waals surface area contributed by atoms with Gasteiger partial charge in [-0.05, 0) is 53.0 Å². The summed E-state index contributed by atoms with van der Waals surface area (Å²) in [6.07, 6.45) is 2.18. The minimum Gasteiger partial charge on any atom is -0.337 e. The quantitative estimate of drug-likeness (QED) is 0.686. The summed E-state index contributed by atoms with van der Waals surface area (Å²) >= 11 is 3.58. The fourth-order valence-electron chi connectivity index (χ4n) is 2.53. The van der Waals surface area contributed by atoms with Crippen LogP contribution in [0.15, 0.2) is 0 Å². The van der Waals surface area contributed by atoms with Gasteiger partial charge in [0.15, 0.2) is 0 Å². The van der Waals surface area contributed by atoms with E-state index in [0.29, 0.717) is 12.0 Å². The van der Waals surface area contributed by atoms with Crippen LogP contribution in [0.4, 0.5) is 0 Å². The second kappa shape index (κ2) is 8.35. The molecule has 5 heteroatoms. The summed E-state index contributed by atoms with van der Waals surface area (Å²) in [4.78, 5) is 19.3. The molecule has 1 aliphatic heterocycles. The van der Waals surface area contributed by atoms with Crippen LogP contribution in [-0.4, -0.2) is 78.8 Å². The summed E-state index contributed by atoms with van der Waals surface area (Å²) in [5.41, 5.74) is 0. The zero-order valence-corrected chi connectivity index (χ0v) is 15.2. The molecule has 0 aromatic heterocycles. The fourth-order valence-corrected chi connectivity index (χ4v) is 2.79. The van der Waals surface area contributed by atoms with E-state index in [1.165, 1.54) is 0 Å². The number of carbonyl (C=O) groups is 1. The van der Waals surface area contributed by atoms with Crippen molar-refractivity contribution in [3.63, 3.8) is 0 Å². The number of halogens is 1. The molecular formula is C15H30BrN3O. The van der Waals surface area contributed by atoms with Crippen molar-refractivity contribution in [2.45, 2.75) is 37.6 Å². The SMILES string of the molecule is CC(C)C(Br)C(=O)N(CCN(C)C)C1CCN(C)CC1. The second-order valence-electron chi connectivity index (χ2n) is 6.52. The summed E-state index contributed by atoms with van der Waals surface area (Å²) < 4.78 is 0. The molecule has 1 aliphatic rings. The van der Waals surface area contributed by atoms with Crippen molar-refractivity contribution in [1.29, 1.82) is 0 Å². The van der Waals surface area contributed by atoms with Crippen LogP contribution < -0.4 is 0 Å². The molecule has 0 bridgehead atoms. The number of hydrogen-bond donors (Lipinski definition) is 0. The molecule has 20 heavy (non-hydrogen) atoms. The molecule has 0 saturated carbocycles. The minimum atomic E-state index is -0.0654. The summed E-state index contributed by atoms with van der Waals surface area (Å²) in [6, 6.07) is 0.400. The predicted octanol–water partition coefficient (Wildman–Crippen LogP) is 1.89. The average molecular weight is 348 g/mol. The van der Waals surface area contributed by atoms with Crippen molar-refractivity contribution in [3.05, 3.63) is 0 Å². The van der Waals surface area contributed by atoms with Crippen molar-refractivity contribution in [1.82, 2.24) is 14.7 Å². The summed E-state index contributed by atoms with van der Waals surface area (Å²) in [7, 11) is 6.28. The summed E-state index contributed by atoms with van der Waals surface area (Å²) in [5.74, 6) is 0.590. The number of carbonyl (C=O) groups excluding carboxylic acids is 1. The maximum Gasteiger partial charge on any atom is 0.236 e. The van der Waals surface area contributed by atoms with E-state index >= 15 is 0 Å². The molecule has 0 radical (unpaired) electrons. The zero-order valence-electron chi connectivity index (χ0n) is 13.6. The highest BCUT2D eigenvalue weighted by atomic mass is 79.9. The van der Waals surface area contributed by atoms with E-state index in [1.54, 1.807) is 0 Å². The van der Waals surface area contributed by atoms with Crippen molar-refractivity contribution < 1.29 is 4.79 Å². The number of nitrogens with zero attached hydrogens (tertiary/aromatic N) is 3.